The number of amides is 2. The first kappa shape index (κ1) is 18.7. The number of unbranched alkanes of at least 4 members (excludes halogenated alkanes) is 2. The fourth-order valence-corrected chi connectivity index (χ4v) is 2.64. The van der Waals surface area contributed by atoms with Gasteiger partial charge < -0.3 is 10.6 Å². The van der Waals surface area contributed by atoms with Gasteiger partial charge in [-0.2, -0.15) is 0 Å². The van der Waals surface area contributed by atoms with Crippen molar-refractivity contribution in [2.24, 2.45) is 0 Å². The van der Waals surface area contributed by atoms with E-state index in [2.05, 4.69) is 17.6 Å². The first-order valence-electron chi connectivity index (χ1n) is 8.86. The fourth-order valence-electron chi connectivity index (χ4n) is 2.64. The minimum absolute atomic E-state index is 0.0511. The van der Waals surface area contributed by atoms with Crippen molar-refractivity contribution in [3.8, 4) is 0 Å². The molecule has 2 aromatic carbocycles. The van der Waals surface area contributed by atoms with E-state index in [0.29, 0.717) is 17.7 Å². The Labute approximate surface area is 149 Å². The highest BCUT2D eigenvalue weighted by Crippen LogP contribution is 2.18. The molecule has 25 heavy (non-hydrogen) atoms. The maximum atomic E-state index is 12.6. The van der Waals surface area contributed by atoms with Gasteiger partial charge in [0.25, 0.3) is 5.91 Å². The third-order valence-corrected chi connectivity index (χ3v) is 4.10. The highest BCUT2D eigenvalue weighted by Gasteiger charge is 2.15. The summed E-state index contributed by atoms with van der Waals surface area (Å²) in [5, 5.41) is 5.85. The third-order valence-electron chi connectivity index (χ3n) is 4.10. The normalized spacial score (nSPS) is 11.6. The highest BCUT2D eigenvalue weighted by molar-refractivity contribution is 6.03. The van der Waals surface area contributed by atoms with Crippen LogP contribution in [0.2, 0.25) is 0 Å². The maximum Gasteiger partial charge on any atom is 0.253 e. The molecule has 0 fully saturated rings. The molecule has 0 spiro atoms. The molecule has 0 aliphatic carbocycles. The Morgan fingerprint density at radius 3 is 2.36 bits per heavy atom. The molecule has 4 nitrogen and oxygen atoms in total. The summed E-state index contributed by atoms with van der Waals surface area (Å²) < 4.78 is 0. The number of hydrogen-bond acceptors (Lipinski definition) is 2. The number of carbonyl (C=O) groups is 2. The highest BCUT2D eigenvalue weighted by atomic mass is 16.2. The van der Waals surface area contributed by atoms with Crippen LogP contribution in [0.15, 0.2) is 54.6 Å². The zero-order valence-corrected chi connectivity index (χ0v) is 14.9. The van der Waals surface area contributed by atoms with Crippen LogP contribution in [0.25, 0.3) is 0 Å². The van der Waals surface area contributed by atoms with Gasteiger partial charge in [-0.1, -0.05) is 62.2 Å². The van der Waals surface area contributed by atoms with Gasteiger partial charge in [0.2, 0.25) is 5.91 Å². The molecule has 0 aliphatic rings. The first-order valence-corrected chi connectivity index (χ1v) is 8.86. The van der Waals surface area contributed by atoms with E-state index in [1.807, 2.05) is 43.3 Å². The lowest BCUT2D eigenvalue weighted by molar-refractivity contribution is -0.116. The summed E-state index contributed by atoms with van der Waals surface area (Å²) in [7, 11) is 0. The largest absolute Gasteiger partial charge is 0.345 e. The fraction of sp³-hybridized carbons (Fsp3) is 0.333. The molecule has 2 amide bonds. The lowest BCUT2D eigenvalue weighted by Crippen LogP contribution is -2.28. The average molecular weight is 338 g/mol. The van der Waals surface area contributed by atoms with Crippen molar-refractivity contribution >= 4 is 17.5 Å². The van der Waals surface area contributed by atoms with E-state index in [9.17, 15) is 9.59 Å². The van der Waals surface area contributed by atoms with Crippen molar-refractivity contribution in [3.05, 3.63) is 65.7 Å². The van der Waals surface area contributed by atoms with Crippen LogP contribution in [0.5, 0.6) is 0 Å². The second-order valence-electron chi connectivity index (χ2n) is 6.16. The number of benzene rings is 2. The van der Waals surface area contributed by atoms with Gasteiger partial charge >= 0.3 is 0 Å². The Hall–Kier alpha value is -2.62. The second-order valence-corrected chi connectivity index (χ2v) is 6.16. The van der Waals surface area contributed by atoms with E-state index in [1.165, 1.54) is 0 Å². The maximum absolute atomic E-state index is 12.6. The van der Waals surface area contributed by atoms with Crippen molar-refractivity contribution in [2.75, 3.05) is 5.32 Å². The van der Waals surface area contributed by atoms with Crippen molar-refractivity contribution in [2.45, 2.75) is 45.6 Å². The van der Waals surface area contributed by atoms with Gasteiger partial charge in [0.1, 0.15) is 0 Å². The molecular formula is C21H26N2O2. The lowest BCUT2D eigenvalue weighted by atomic mass is 10.1. The number of nitrogens with one attached hydrogen (secondary N) is 2. The van der Waals surface area contributed by atoms with Gasteiger partial charge in [-0.15, -0.1) is 0 Å². The van der Waals surface area contributed by atoms with Gasteiger partial charge in [0, 0.05) is 6.42 Å². The molecule has 0 unspecified atom stereocenters. The van der Waals surface area contributed by atoms with Crippen LogP contribution in [0.3, 0.4) is 0 Å². The van der Waals surface area contributed by atoms with E-state index < -0.39 is 0 Å². The predicted molar refractivity (Wildman–Crippen MR) is 102 cm³/mol. The Morgan fingerprint density at radius 2 is 1.64 bits per heavy atom. The predicted octanol–water partition coefficient (Wildman–Crippen LogP) is 4.70. The molecule has 0 radical (unpaired) electrons. The molecule has 1 atom stereocenters. The average Bonchev–Trinajstić information content (AvgIpc) is 2.63. The van der Waals surface area contributed by atoms with Gasteiger partial charge in [-0.25, -0.2) is 0 Å². The van der Waals surface area contributed by atoms with Crippen LogP contribution in [0, 0.1) is 0 Å². The first-order chi connectivity index (χ1) is 12.1. The van der Waals surface area contributed by atoms with E-state index in [-0.39, 0.29) is 17.9 Å². The number of para-hydroxylation sites is 1. The van der Waals surface area contributed by atoms with Crippen LogP contribution < -0.4 is 10.6 Å². The van der Waals surface area contributed by atoms with Gasteiger partial charge in [-0.05, 0) is 31.0 Å². The smallest absolute Gasteiger partial charge is 0.253 e. The topological polar surface area (TPSA) is 58.2 Å². The summed E-state index contributed by atoms with van der Waals surface area (Å²) in [6.07, 6.45) is 3.44. The summed E-state index contributed by atoms with van der Waals surface area (Å²) in [5.41, 5.74) is 2.08. The molecule has 0 saturated carbocycles. The quantitative estimate of drug-likeness (QED) is 0.686. The summed E-state index contributed by atoms with van der Waals surface area (Å²) in [5.74, 6) is -0.245. The lowest BCUT2D eigenvalue weighted by Gasteiger charge is -2.16. The Kier molecular flexibility index (Phi) is 7.20. The Balaban J connectivity index is 2.03. The molecule has 0 aliphatic heterocycles. The van der Waals surface area contributed by atoms with E-state index >= 15 is 0 Å². The number of hydrogen-bond donors (Lipinski definition) is 2. The van der Waals surface area contributed by atoms with Crippen LogP contribution in [0.4, 0.5) is 5.69 Å². The van der Waals surface area contributed by atoms with E-state index in [4.69, 9.17) is 0 Å². The van der Waals surface area contributed by atoms with E-state index in [0.717, 1.165) is 24.8 Å². The molecule has 132 valence electrons. The molecule has 0 heterocycles. The van der Waals surface area contributed by atoms with Crippen LogP contribution in [-0.2, 0) is 4.79 Å². The minimum Gasteiger partial charge on any atom is -0.345 e. The number of carbonyl (C=O) groups excluding carboxylic acids is 2. The van der Waals surface area contributed by atoms with Gasteiger partial charge in [-0.3, -0.25) is 9.59 Å². The molecule has 2 N–H and O–H groups in total. The SMILES string of the molecule is CCCCCC(=O)Nc1ccccc1C(=O)N[C@H](C)c1ccccc1. The van der Waals surface area contributed by atoms with Crippen molar-refractivity contribution < 1.29 is 9.59 Å². The number of rotatable bonds is 8. The molecule has 2 aromatic rings. The van der Waals surface area contributed by atoms with Gasteiger partial charge in [0.05, 0.1) is 17.3 Å². The molecule has 0 bridgehead atoms. The summed E-state index contributed by atoms with van der Waals surface area (Å²) in [6.45, 7) is 4.05. The molecule has 4 heteroatoms. The molecule has 0 saturated heterocycles. The van der Waals surface area contributed by atoms with E-state index in [1.54, 1.807) is 18.2 Å². The van der Waals surface area contributed by atoms with Crippen molar-refractivity contribution in [1.82, 2.24) is 5.32 Å². The van der Waals surface area contributed by atoms with Crippen molar-refractivity contribution in [3.63, 3.8) is 0 Å². The standard InChI is InChI=1S/C21H26N2O2/c1-3-4-6-15-20(24)23-19-14-10-9-13-18(19)21(25)22-16(2)17-11-7-5-8-12-17/h5,7-14,16H,3-4,6,15H2,1-2H3,(H,22,25)(H,23,24)/t16-/m1/s1. The van der Waals surface area contributed by atoms with Crippen LogP contribution >= 0.6 is 0 Å². The molecular weight excluding hydrogens is 312 g/mol. The summed E-state index contributed by atoms with van der Waals surface area (Å²) in [4.78, 5) is 24.7. The summed E-state index contributed by atoms with van der Waals surface area (Å²) >= 11 is 0. The Bertz CT molecular complexity index is 698. The second kappa shape index (κ2) is 9.62. The molecule has 0 aromatic heterocycles. The zero-order chi connectivity index (χ0) is 18.1. The zero-order valence-electron chi connectivity index (χ0n) is 14.9. The van der Waals surface area contributed by atoms with Crippen LogP contribution in [0.1, 0.15) is 61.5 Å². The monoisotopic (exact) mass is 338 g/mol. The Morgan fingerprint density at radius 1 is 0.960 bits per heavy atom. The van der Waals surface area contributed by atoms with Gasteiger partial charge in [0.15, 0.2) is 0 Å². The number of anilines is 1. The molecule has 2 rings (SSSR count). The van der Waals surface area contributed by atoms with Crippen LogP contribution in [-0.4, -0.2) is 11.8 Å². The van der Waals surface area contributed by atoms with Crippen molar-refractivity contribution in [1.29, 1.82) is 0 Å². The summed E-state index contributed by atoms with van der Waals surface area (Å²) in [6, 6.07) is 16.8. The minimum atomic E-state index is -0.194. The third kappa shape index (κ3) is 5.75.